The molecule has 30 heavy (non-hydrogen) atoms. The zero-order valence-corrected chi connectivity index (χ0v) is 19.4. The Balaban J connectivity index is 0.00000225. The van der Waals surface area contributed by atoms with Crippen molar-refractivity contribution in [2.45, 2.75) is 52.5 Å². The van der Waals surface area contributed by atoms with Crippen molar-refractivity contribution in [2.75, 3.05) is 18.4 Å². The predicted octanol–water partition coefficient (Wildman–Crippen LogP) is 2.85. The SMILES string of the molecule is CC1CN(C(C(=O)Nc2ccc(-c3n[nH]c(CN)n3)cc2)C(C)C)CC(C)O1.Cl.Cl. The van der Waals surface area contributed by atoms with E-state index in [1.54, 1.807) is 0 Å². The van der Waals surface area contributed by atoms with Crippen molar-refractivity contribution >= 4 is 36.4 Å². The largest absolute Gasteiger partial charge is 0.373 e. The van der Waals surface area contributed by atoms with Crippen LogP contribution in [0.2, 0.25) is 0 Å². The summed E-state index contributed by atoms with van der Waals surface area (Å²) >= 11 is 0. The van der Waals surface area contributed by atoms with Gasteiger partial charge in [-0.1, -0.05) is 13.8 Å². The Labute approximate surface area is 190 Å². The Kier molecular flexibility index (Phi) is 10.2. The summed E-state index contributed by atoms with van der Waals surface area (Å²) in [6.45, 7) is 10.1. The number of carbonyl (C=O) groups excluding carboxylic acids is 1. The van der Waals surface area contributed by atoms with E-state index in [9.17, 15) is 4.79 Å². The number of nitrogens with two attached hydrogens (primary N) is 1. The first-order valence-electron chi connectivity index (χ1n) is 9.79. The number of amides is 1. The van der Waals surface area contributed by atoms with Gasteiger partial charge in [0.2, 0.25) is 5.91 Å². The number of rotatable bonds is 6. The molecule has 1 saturated heterocycles. The number of carbonyl (C=O) groups is 1. The minimum absolute atomic E-state index is 0. The monoisotopic (exact) mass is 458 g/mol. The fourth-order valence-electron chi connectivity index (χ4n) is 3.77. The fraction of sp³-hybridized carbons (Fsp3) is 0.550. The van der Waals surface area contributed by atoms with Gasteiger partial charge in [0.1, 0.15) is 5.82 Å². The second kappa shape index (κ2) is 11.6. The molecule has 0 radical (unpaired) electrons. The Morgan fingerprint density at radius 2 is 1.83 bits per heavy atom. The van der Waals surface area contributed by atoms with E-state index < -0.39 is 0 Å². The van der Waals surface area contributed by atoms with Gasteiger partial charge in [-0.05, 0) is 44.0 Å². The van der Waals surface area contributed by atoms with Gasteiger partial charge in [-0.25, -0.2) is 4.98 Å². The lowest BCUT2D eigenvalue weighted by Gasteiger charge is -2.41. The van der Waals surface area contributed by atoms with E-state index in [4.69, 9.17) is 10.5 Å². The Hall–Kier alpha value is -1.71. The second-order valence-electron chi connectivity index (χ2n) is 7.78. The summed E-state index contributed by atoms with van der Waals surface area (Å²) in [6, 6.07) is 7.32. The highest BCUT2D eigenvalue weighted by Gasteiger charge is 2.34. The summed E-state index contributed by atoms with van der Waals surface area (Å²) < 4.78 is 5.81. The predicted molar refractivity (Wildman–Crippen MR) is 123 cm³/mol. The molecule has 1 aromatic carbocycles. The third kappa shape index (κ3) is 6.39. The van der Waals surface area contributed by atoms with E-state index in [-0.39, 0.29) is 54.9 Å². The van der Waals surface area contributed by atoms with Gasteiger partial charge >= 0.3 is 0 Å². The smallest absolute Gasteiger partial charge is 0.241 e. The molecule has 8 nitrogen and oxygen atoms in total. The van der Waals surface area contributed by atoms with Crippen LogP contribution in [0, 0.1) is 5.92 Å². The number of nitrogens with one attached hydrogen (secondary N) is 2. The molecule has 4 N–H and O–H groups in total. The molecule has 3 unspecified atom stereocenters. The summed E-state index contributed by atoms with van der Waals surface area (Å²) in [5.41, 5.74) is 7.18. The Morgan fingerprint density at radius 1 is 1.23 bits per heavy atom. The van der Waals surface area contributed by atoms with Gasteiger partial charge in [-0.2, -0.15) is 5.10 Å². The third-order valence-electron chi connectivity index (χ3n) is 4.88. The van der Waals surface area contributed by atoms with Crippen molar-refractivity contribution in [3.8, 4) is 11.4 Å². The van der Waals surface area contributed by atoms with Crippen LogP contribution in [0.4, 0.5) is 5.69 Å². The fourth-order valence-corrected chi connectivity index (χ4v) is 3.77. The molecule has 0 spiro atoms. The van der Waals surface area contributed by atoms with Gasteiger partial charge in [-0.15, -0.1) is 24.8 Å². The van der Waals surface area contributed by atoms with Gasteiger partial charge in [0.25, 0.3) is 0 Å². The van der Waals surface area contributed by atoms with Gasteiger partial charge in [0.05, 0.1) is 24.8 Å². The maximum absolute atomic E-state index is 13.0. The molecule has 0 bridgehead atoms. The topological polar surface area (TPSA) is 109 Å². The summed E-state index contributed by atoms with van der Waals surface area (Å²) in [6.07, 6.45) is 0.244. The van der Waals surface area contributed by atoms with Crippen molar-refractivity contribution < 1.29 is 9.53 Å². The van der Waals surface area contributed by atoms with Gasteiger partial charge in [0, 0.05) is 24.3 Å². The highest BCUT2D eigenvalue weighted by Crippen LogP contribution is 2.22. The van der Waals surface area contributed by atoms with Crippen LogP contribution in [0.15, 0.2) is 24.3 Å². The van der Waals surface area contributed by atoms with E-state index in [0.717, 1.165) is 24.3 Å². The number of hydrogen-bond acceptors (Lipinski definition) is 6. The average molecular weight is 459 g/mol. The quantitative estimate of drug-likeness (QED) is 0.613. The zero-order valence-electron chi connectivity index (χ0n) is 17.8. The Bertz CT molecular complexity index is 789. The van der Waals surface area contributed by atoms with E-state index in [1.807, 2.05) is 24.3 Å². The summed E-state index contributed by atoms with van der Waals surface area (Å²) in [4.78, 5) is 19.6. The number of benzene rings is 1. The molecular weight excluding hydrogens is 427 g/mol. The average Bonchev–Trinajstić information content (AvgIpc) is 3.10. The molecule has 1 aromatic heterocycles. The molecule has 1 fully saturated rings. The minimum Gasteiger partial charge on any atom is -0.373 e. The lowest BCUT2D eigenvalue weighted by atomic mass is 9.99. The number of aromatic nitrogens is 3. The number of halogens is 2. The van der Waals surface area contributed by atoms with Crippen LogP contribution in [0.5, 0.6) is 0 Å². The molecule has 2 heterocycles. The first-order valence-corrected chi connectivity index (χ1v) is 9.79. The molecular formula is C20H32Cl2N6O2. The van der Waals surface area contributed by atoms with Crippen molar-refractivity contribution in [2.24, 2.45) is 11.7 Å². The number of morpholine rings is 1. The van der Waals surface area contributed by atoms with Crippen molar-refractivity contribution in [3.05, 3.63) is 30.1 Å². The molecule has 168 valence electrons. The number of ether oxygens (including phenoxy) is 1. The summed E-state index contributed by atoms with van der Waals surface area (Å²) in [5, 5.41) is 10.0. The van der Waals surface area contributed by atoms with Crippen LogP contribution in [0.3, 0.4) is 0 Å². The molecule has 10 heteroatoms. The van der Waals surface area contributed by atoms with Crippen LogP contribution in [0.25, 0.3) is 11.4 Å². The van der Waals surface area contributed by atoms with Gasteiger partial charge < -0.3 is 15.8 Å². The van der Waals surface area contributed by atoms with E-state index in [2.05, 4.69) is 53.1 Å². The van der Waals surface area contributed by atoms with Crippen molar-refractivity contribution in [3.63, 3.8) is 0 Å². The minimum atomic E-state index is -0.200. The summed E-state index contributed by atoms with van der Waals surface area (Å²) in [5.74, 6) is 1.43. The van der Waals surface area contributed by atoms with Crippen LogP contribution in [0.1, 0.15) is 33.5 Å². The normalized spacial score (nSPS) is 20.2. The number of H-pyrrole nitrogens is 1. The van der Waals surface area contributed by atoms with Crippen LogP contribution >= 0.6 is 24.8 Å². The van der Waals surface area contributed by atoms with Crippen molar-refractivity contribution in [1.29, 1.82) is 0 Å². The molecule has 2 aromatic rings. The first kappa shape index (κ1) is 26.3. The molecule has 1 aliphatic heterocycles. The van der Waals surface area contributed by atoms with Crippen molar-refractivity contribution in [1.82, 2.24) is 20.1 Å². The number of aromatic amines is 1. The van der Waals surface area contributed by atoms with Crippen LogP contribution in [-0.2, 0) is 16.1 Å². The Morgan fingerprint density at radius 3 is 2.33 bits per heavy atom. The number of anilines is 1. The molecule has 0 saturated carbocycles. The lowest BCUT2D eigenvalue weighted by molar-refractivity contribution is -0.130. The maximum atomic E-state index is 13.0. The molecule has 0 aliphatic carbocycles. The third-order valence-corrected chi connectivity index (χ3v) is 4.88. The first-order chi connectivity index (χ1) is 13.4. The van der Waals surface area contributed by atoms with E-state index >= 15 is 0 Å². The molecule has 3 rings (SSSR count). The summed E-state index contributed by atoms with van der Waals surface area (Å²) in [7, 11) is 0. The van der Waals surface area contributed by atoms with Crippen LogP contribution < -0.4 is 11.1 Å². The zero-order chi connectivity index (χ0) is 20.3. The molecule has 1 aliphatic rings. The number of nitrogens with zero attached hydrogens (tertiary/aromatic N) is 3. The standard InChI is InChI=1S/C20H30N6O2.2ClH/c1-12(2)18(26-10-13(3)28-14(4)11-26)20(27)22-16-7-5-15(6-8-16)19-23-17(9-21)24-25-19;;/h5-8,12-14,18H,9-11,21H2,1-4H3,(H,22,27)(H,23,24,25);2*1H. The second-order valence-corrected chi connectivity index (χ2v) is 7.78. The van der Waals surface area contributed by atoms with E-state index in [0.29, 0.717) is 18.2 Å². The van der Waals surface area contributed by atoms with Gasteiger partial charge in [0.15, 0.2) is 5.82 Å². The van der Waals surface area contributed by atoms with Crippen LogP contribution in [-0.4, -0.2) is 57.3 Å². The molecule has 1 amide bonds. The maximum Gasteiger partial charge on any atom is 0.241 e. The molecule has 3 atom stereocenters. The lowest BCUT2D eigenvalue weighted by Crippen LogP contribution is -2.55. The number of hydrogen-bond donors (Lipinski definition) is 3. The van der Waals surface area contributed by atoms with Gasteiger partial charge in [-0.3, -0.25) is 14.8 Å². The highest BCUT2D eigenvalue weighted by atomic mass is 35.5. The van der Waals surface area contributed by atoms with E-state index in [1.165, 1.54) is 0 Å². The highest BCUT2D eigenvalue weighted by molar-refractivity contribution is 5.95.